The molecule has 7 heteroatoms. The minimum absolute atomic E-state index is 0.144. The highest BCUT2D eigenvalue weighted by atomic mass is 16.3. The number of benzene rings is 1. The summed E-state index contributed by atoms with van der Waals surface area (Å²) in [5.41, 5.74) is 6.62. The molecule has 27 heavy (non-hydrogen) atoms. The molecule has 0 radical (unpaired) electrons. The number of hydrogen-bond acceptors (Lipinski definition) is 5. The zero-order valence-electron chi connectivity index (χ0n) is 14.3. The van der Waals surface area contributed by atoms with Gasteiger partial charge in [-0.25, -0.2) is 0 Å². The number of Topliss-reactive ketones (excluding diaryl/α,β-unsaturated/α-hetero) is 1. The van der Waals surface area contributed by atoms with Gasteiger partial charge in [0.15, 0.2) is 5.76 Å². The van der Waals surface area contributed by atoms with Crippen molar-refractivity contribution in [2.75, 3.05) is 0 Å². The van der Waals surface area contributed by atoms with E-state index < -0.39 is 23.6 Å². The number of hydrogen-bond donors (Lipinski definition) is 2. The van der Waals surface area contributed by atoms with E-state index in [1.54, 1.807) is 48.7 Å². The molecule has 3 rings (SSSR count). The molecule has 2 aromatic heterocycles. The smallest absolute Gasteiger partial charge is 0.287 e. The summed E-state index contributed by atoms with van der Waals surface area (Å²) in [5, 5.41) is 2.58. The number of nitrogens with one attached hydrogen (secondary N) is 1. The van der Waals surface area contributed by atoms with Gasteiger partial charge < -0.3 is 15.5 Å². The molecule has 0 saturated carbocycles. The molecule has 2 heterocycles. The van der Waals surface area contributed by atoms with E-state index in [0.717, 1.165) is 5.56 Å². The molecule has 1 atom stereocenters. The largest absolute Gasteiger partial charge is 0.462 e. The number of rotatable bonds is 7. The van der Waals surface area contributed by atoms with Crippen LogP contribution in [-0.4, -0.2) is 28.6 Å². The Bertz CT molecular complexity index is 952. The van der Waals surface area contributed by atoms with E-state index in [1.165, 1.54) is 12.3 Å². The van der Waals surface area contributed by atoms with Crippen molar-refractivity contribution in [1.29, 1.82) is 0 Å². The summed E-state index contributed by atoms with van der Waals surface area (Å²) < 4.78 is 5.38. The number of carbonyl (C=O) groups excluding carboxylic acids is 3. The number of pyridine rings is 1. The van der Waals surface area contributed by atoms with E-state index in [2.05, 4.69) is 10.3 Å². The van der Waals surface area contributed by atoms with Crippen molar-refractivity contribution >= 4 is 17.6 Å². The molecule has 7 nitrogen and oxygen atoms in total. The second-order valence-electron chi connectivity index (χ2n) is 5.82. The minimum Gasteiger partial charge on any atom is -0.462 e. The van der Waals surface area contributed by atoms with Gasteiger partial charge in [0.25, 0.3) is 11.8 Å². The number of carbonyl (C=O) groups is 3. The van der Waals surface area contributed by atoms with Crippen molar-refractivity contribution in [3.63, 3.8) is 0 Å². The molecule has 136 valence electrons. The Morgan fingerprint density at radius 3 is 2.44 bits per heavy atom. The van der Waals surface area contributed by atoms with E-state index in [1.807, 2.05) is 6.07 Å². The summed E-state index contributed by atoms with van der Waals surface area (Å²) in [6.07, 6.45) is 3.08. The SMILES string of the molecule is NC(=O)C(=O)C(Cc1ccccc1)NC(=O)c1ccoc1-c1ccccn1. The van der Waals surface area contributed by atoms with Gasteiger partial charge in [0, 0.05) is 12.6 Å². The van der Waals surface area contributed by atoms with E-state index in [0.29, 0.717) is 5.69 Å². The molecule has 1 aromatic carbocycles. The Morgan fingerprint density at radius 2 is 1.78 bits per heavy atom. The quantitative estimate of drug-likeness (QED) is 0.620. The highest BCUT2D eigenvalue weighted by Crippen LogP contribution is 2.22. The monoisotopic (exact) mass is 363 g/mol. The maximum atomic E-state index is 12.7. The first-order valence-electron chi connectivity index (χ1n) is 8.23. The average Bonchev–Trinajstić information content (AvgIpc) is 3.18. The lowest BCUT2D eigenvalue weighted by Gasteiger charge is -2.16. The fourth-order valence-corrected chi connectivity index (χ4v) is 2.65. The van der Waals surface area contributed by atoms with Crippen LogP contribution in [0.1, 0.15) is 15.9 Å². The van der Waals surface area contributed by atoms with Crippen molar-refractivity contribution in [3.05, 3.63) is 78.2 Å². The number of amides is 2. The fraction of sp³-hybridized carbons (Fsp3) is 0.100. The Balaban J connectivity index is 1.84. The molecular formula is C20H17N3O4. The van der Waals surface area contributed by atoms with Crippen LogP contribution >= 0.6 is 0 Å². The van der Waals surface area contributed by atoms with Gasteiger partial charge >= 0.3 is 0 Å². The maximum Gasteiger partial charge on any atom is 0.287 e. The van der Waals surface area contributed by atoms with Crippen molar-refractivity contribution in [3.8, 4) is 11.5 Å². The van der Waals surface area contributed by atoms with E-state index in [4.69, 9.17) is 10.2 Å². The highest BCUT2D eigenvalue weighted by Gasteiger charge is 2.27. The second kappa shape index (κ2) is 8.09. The van der Waals surface area contributed by atoms with Crippen LogP contribution in [0, 0.1) is 0 Å². The summed E-state index contributed by atoms with van der Waals surface area (Å²) in [6.45, 7) is 0. The summed E-state index contributed by atoms with van der Waals surface area (Å²) >= 11 is 0. The van der Waals surface area contributed by atoms with Crippen LogP contribution in [0.5, 0.6) is 0 Å². The van der Waals surface area contributed by atoms with Gasteiger partial charge in [-0.05, 0) is 23.8 Å². The topological polar surface area (TPSA) is 115 Å². The Labute approximate surface area is 155 Å². The van der Waals surface area contributed by atoms with Crippen LogP contribution in [-0.2, 0) is 16.0 Å². The van der Waals surface area contributed by atoms with Crippen molar-refractivity contribution in [1.82, 2.24) is 10.3 Å². The van der Waals surface area contributed by atoms with Crippen molar-refractivity contribution in [2.45, 2.75) is 12.5 Å². The fourth-order valence-electron chi connectivity index (χ4n) is 2.65. The summed E-state index contributed by atoms with van der Waals surface area (Å²) in [4.78, 5) is 40.4. The normalized spacial score (nSPS) is 11.6. The Morgan fingerprint density at radius 1 is 1.04 bits per heavy atom. The molecular weight excluding hydrogens is 346 g/mol. The lowest BCUT2D eigenvalue weighted by molar-refractivity contribution is -0.137. The summed E-state index contributed by atoms with van der Waals surface area (Å²) in [5.74, 6) is -2.25. The van der Waals surface area contributed by atoms with E-state index >= 15 is 0 Å². The molecule has 3 N–H and O–H groups in total. The Hall–Kier alpha value is -3.74. The van der Waals surface area contributed by atoms with Crippen LogP contribution < -0.4 is 11.1 Å². The molecule has 1 unspecified atom stereocenters. The summed E-state index contributed by atoms with van der Waals surface area (Å²) in [6, 6.07) is 14.6. The second-order valence-corrected chi connectivity index (χ2v) is 5.82. The highest BCUT2D eigenvalue weighted by molar-refractivity contribution is 6.38. The van der Waals surface area contributed by atoms with Crippen LogP contribution in [0.15, 0.2) is 71.5 Å². The van der Waals surface area contributed by atoms with Gasteiger partial charge in [-0.3, -0.25) is 19.4 Å². The van der Waals surface area contributed by atoms with Gasteiger partial charge in [-0.1, -0.05) is 36.4 Å². The molecule has 0 spiro atoms. The zero-order valence-corrected chi connectivity index (χ0v) is 14.3. The maximum absolute atomic E-state index is 12.7. The lowest BCUT2D eigenvalue weighted by atomic mass is 10.0. The molecule has 0 fully saturated rings. The van der Waals surface area contributed by atoms with Crippen LogP contribution in [0.2, 0.25) is 0 Å². The number of aromatic nitrogens is 1. The molecule has 0 aliphatic heterocycles. The predicted molar refractivity (Wildman–Crippen MR) is 97.5 cm³/mol. The van der Waals surface area contributed by atoms with Gasteiger partial charge in [0.1, 0.15) is 11.7 Å². The summed E-state index contributed by atoms with van der Waals surface area (Å²) in [7, 11) is 0. The van der Waals surface area contributed by atoms with Crippen molar-refractivity contribution < 1.29 is 18.8 Å². The molecule has 0 aliphatic rings. The van der Waals surface area contributed by atoms with Gasteiger partial charge in [0.05, 0.1) is 11.8 Å². The van der Waals surface area contributed by atoms with Crippen molar-refractivity contribution in [2.24, 2.45) is 5.73 Å². The van der Waals surface area contributed by atoms with E-state index in [-0.39, 0.29) is 17.7 Å². The first-order chi connectivity index (χ1) is 13.1. The molecule has 0 bridgehead atoms. The van der Waals surface area contributed by atoms with Crippen LogP contribution in [0.25, 0.3) is 11.5 Å². The number of furan rings is 1. The van der Waals surface area contributed by atoms with E-state index in [9.17, 15) is 14.4 Å². The average molecular weight is 363 g/mol. The zero-order chi connectivity index (χ0) is 19.2. The third-order valence-electron chi connectivity index (χ3n) is 3.95. The third kappa shape index (κ3) is 4.27. The number of nitrogens with two attached hydrogens (primary N) is 1. The van der Waals surface area contributed by atoms with Crippen LogP contribution in [0.4, 0.5) is 0 Å². The standard InChI is InChI=1S/C20H17N3O4/c21-19(25)17(24)16(12-13-6-2-1-3-7-13)23-20(26)14-9-11-27-18(14)15-8-4-5-10-22-15/h1-11,16H,12H2,(H2,21,25)(H,23,26). The third-order valence-corrected chi connectivity index (χ3v) is 3.95. The minimum atomic E-state index is -1.10. The first-order valence-corrected chi connectivity index (χ1v) is 8.23. The van der Waals surface area contributed by atoms with Gasteiger partial charge in [-0.2, -0.15) is 0 Å². The molecule has 2 amide bonds. The predicted octanol–water partition coefficient (Wildman–Crippen LogP) is 1.74. The van der Waals surface area contributed by atoms with Gasteiger partial charge in [0.2, 0.25) is 5.78 Å². The molecule has 3 aromatic rings. The molecule has 0 aliphatic carbocycles. The number of nitrogens with zero attached hydrogens (tertiary/aromatic N) is 1. The lowest BCUT2D eigenvalue weighted by Crippen LogP contribution is -2.47. The van der Waals surface area contributed by atoms with Crippen LogP contribution in [0.3, 0.4) is 0 Å². The number of ketones is 1. The van der Waals surface area contributed by atoms with Gasteiger partial charge in [-0.15, -0.1) is 0 Å². The number of primary amides is 1. The first kappa shape index (κ1) is 18.1. The molecule has 0 saturated heterocycles. The Kier molecular flexibility index (Phi) is 5.41.